The third-order valence-corrected chi connectivity index (χ3v) is 5.83. The number of nitro groups is 1. The maximum Gasteiger partial charge on any atom is 0.279 e. The molecule has 3 rings (SSSR count). The van der Waals surface area contributed by atoms with E-state index in [0.717, 1.165) is 29.7 Å². The Labute approximate surface area is 221 Å². The van der Waals surface area contributed by atoms with Crippen molar-refractivity contribution >= 4 is 28.8 Å². The molecule has 38 heavy (non-hydrogen) atoms. The molecule has 0 saturated heterocycles. The molecule has 0 aromatic heterocycles. The number of allylic oxidation sites excluding steroid dienone is 3. The number of rotatable bonds is 15. The number of carbonyl (C=O) groups excluding carboxylic acids is 2. The van der Waals surface area contributed by atoms with Crippen LogP contribution in [0.5, 0.6) is 11.5 Å². The Kier molecular flexibility index (Phi) is 10.7. The summed E-state index contributed by atoms with van der Waals surface area (Å²) in [6.45, 7) is -0.202. The van der Waals surface area contributed by atoms with Crippen molar-refractivity contribution in [2.24, 2.45) is 0 Å². The zero-order chi connectivity index (χ0) is 27.3. The van der Waals surface area contributed by atoms with Crippen LogP contribution >= 0.6 is 0 Å². The molecule has 0 saturated carbocycles. The molecule has 1 aliphatic carbocycles. The summed E-state index contributed by atoms with van der Waals surface area (Å²) in [5.41, 5.74) is 8.31. The number of hydrogen-bond acceptors (Lipinski definition) is 7. The van der Waals surface area contributed by atoms with Gasteiger partial charge in [-0.2, -0.15) is 0 Å². The van der Waals surface area contributed by atoms with Crippen molar-refractivity contribution in [3.05, 3.63) is 81.6 Å². The molecule has 2 aromatic carbocycles. The Morgan fingerprint density at radius 2 is 1.61 bits per heavy atom. The van der Waals surface area contributed by atoms with E-state index in [1.54, 1.807) is 0 Å². The summed E-state index contributed by atoms with van der Waals surface area (Å²) in [5.74, 6) is 0.176. The van der Waals surface area contributed by atoms with Gasteiger partial charge in [-0.1, -0.05) is 31.1 Å². The van der Waals surface area contributed by atoms with E-state index in [1.165, 1.54) is 26.4 Å². The molecule has 2 amide bonds. The first-order valence-electron chi connectivity index (χ1n) is 12.2. The summed E-state index contributed by atoms with van der Waals surface area (Å²) in [4.78, 5) is 40.2. The van der Waals surface area contributed by atoms with Crippen molar-refractivity contribution in [3.63, 3.8) is 0 Å². The van der Waals surface area contributed by atoms with E-state index < -0.39 is 4.92 Å². The van der Waals surface area contributed by atoms with Crippen LogP contribution in [0.1, 0.15) is 49.7 Å². The number of unbranched alkanes of at least 4 members (excludes halogenated alkanes) is 3. The Morgan fingerprint density at radius 1 is 0.947 bits per heavy atom. The quantitative estimate of drug-likeness (QED) is 0.142. The van der Waals surface area contributed by atoms with E-state index in [-0.39, 0.29) is 41.8 Å². The second-order valence-electron chi connectivity index (χ2n) is 8.53. The lowest BCUT2D eigenvalue weighted by molar-refractivity contribution is -0.386. The fourth-order valence-electron chi connectivity index (χ4n) is 3.83. The van der Waals surface area contributed by atoms with Crippen LogP contribution in [0.15, 0.2) is 60.4 Å². The fraction of sp³-hybridized carbons (Fsp3) is 0.321. The zero-order valence-corrected chi connectivity index (χ0v) is 21.5. The number of anilines is 1. The van der Waals surface area contributed by atoms with Gasteiger partial charge in [-0.3, -0.25) is 24.5 Å². The van der Waals surface area contributed by atoms with Gasteiger partial charge in [0.2, 0.25) is 11.8 Å². The Morgan fingerprint density at radius 3 is 2.21 bits per heavy atom. The summed E-state index contributed by atoms with van der Waals surface area (Å²) < 4.78 is 10.3. The van der Waals surface area contributed by atoms with Crippen molar-refractivity contribution in [1.29, 1.82) is 0 Å². The van der Waals surface area contributed by atoms with Crippen molar-refractivity contribution < 1.29 is 28.8 Å². The van der Waals surface area contributed by atoms with Gasteiger partial charge in [-0.25, -0.2) is 5.48 Å². The summed E-state index contributed by atoms with van der Waals surface area (Å²) in [5, 5.41) is 14.2. The first-order valence-corrected chi connectivity index (χ1v) is 12.2. The number of carbonyl (C=O) groups is 2. The second kappa shape index (κ2) is 14.4. The fourth-order valence-corrected chi connectivity index (χ4v) is 3.83. The van der Waals surface area contributed by atoms with Crippen LogP contribution in [0.3, 0.4) is 0 Å². The second-order valence-corrected chi connectivity index (χ2v) is 8.53. The predicted molar refractivity (Wildman–Crippen MR) is 143 cm³/mol. The van der Waals surface area contributed by atoms with Gasteiger partial charge in [0, 0.05) is 24.1 Å². The van der Waals surface area contributed by atoms with Crippen LogP contribution in [0.4, 0.5) is 11.4 Å². The molecule has 2 aromatic rings. The molecule has 0 radical (unpaired) electrons. The van der Waals surface area contributed by atoms with Gasteiger partial charge < -0.3 is 14.8 Å². The maximum absolute atomic E-state index is 12.2. The predicted octanol–water partition coefficient (Wildman–Crippen LogP) is 5.25. The minimum atomic E-state index is -0.552. The number of ether oxygens (including phenoxy) is 2. The summed E-state index contributed by atoms with van der Waals surface area (Å²) in [7, 11) is 2.81. The number of amides is 2. The largest absolute Gasteiger partial charge is 0.493 e. The number of hydroxylamine groups is 1. The average molecular weight is 522 g/mol. The molecule has 200 valence electrons. The molecular formula is C28H31N3O7. The molecule has 0 bridgehead atoms. The summed E-state index contributed by atoms with van der Waals surface area (Å²) in [6.07, 6.45) is 9.37. The number of benzene rings is 2. The summed E-state index contributed by atoms with van der Waals surface area (Å²) in [6, 6.07) is 10.3. The van der Waals surface area contributed by atoms with Gasteiger partial charge in [0.05, 0.1) is 30.8 Å². The molecular weight excluding hydrogens is 490 g/mol. The lowest BCUT2D eigenvalue weighted by atomic mass is 10.1. The molecule has 0 atom stereocenters. The lowest BCUT2D eigenvalue weighted by Crippen LogP contribution is -2.23. The highest BCUT2D eigenvalue weighted by Gasteiger charge is 2.20. The van der Waals surface area contributed by atoms with Crippen LogP contribution in [-0.4, -0.2) is 31.0 Å². The van der Waals surface area contributed by atoms with Crippen LogP contribution in [0.25, 0.3) is 5.57 Å². The average Bonchev–Trinajstić information content (AvgIpc) is 3.45. The normalized spacial score (nSPS) is 11.7. The van der Waals surface area contributed by atoms with E-state index in [1.807, 2.05) is 42.5 Å². The maximum atomic E-state index is 12.2. The topological polar surface area (TPSA) is 129 Å². The van der Waals surface area contributed by atoms with E-state index in [0.29, 0.717) is 25.0 Å². The van der Waals surface area contributed by atoms with Crippen LogP contribution in [-0.2, 0) is 21.0 Å². The standard InChI is InChI=1S/C28H31N3O7/c1-36-25-17-22(24(31(34)35)18-26(25)37-2)19-38-30-28(33)12-6-4-3-5-11-27(32)29-23-15-13-21(14-16-23)20-9-7-8-10-20/h7-9,13-18H,3-6,11-12,19H2,1-2H3,(H,29,32)(H,30,33). The van der Waals surface area contributed by atoms with Crippen molar-refractivity contribution in [1.82, 2.24) is 5.48 Å². The van der Waals surface area contributed by atoms with E-state index in [9.17, 15) is 19.7 Å². The Balaban J connectivity index is 1.29. The number of nitro benzene ring substituents is 1. The highest BCUT2D eigenvalue weighted by atomic mass is 16.7. The van der Waals surface area contributed by atoms with Gasteiger partial charge in [-0.15, -0.1) is 5.73 Å². The monoisotopic (exact) mass is 521 g/mol. The molecule has 0 fully saturated rings. The van der Waals surface area contributed by atoms with Gasteiger partial charge in [-0.05, 0) is 48.8 Å². The minimum Gasteiger partial charge on any atom is -0.493 e. The molecule has 0 unspecified atom stereocenters. The molecule has 0 aliphatic heterocycles. The number of nitrogens with one attached hydrogen (secondary N) is 2. The Bertz CT molecular complexity index is 1250. The minimum absolute atomic E-state index is 0.0481. The number of methoxy groups -OCH3 is 2. The van der Waals surface area contributed by atoms with Crippen molar-refractivity contribution in [3.8, 4) is 11.5 Å². The third kappa shape index (κ3) is 8.33. The smallest absolute Gasteiger partial charge is 0.279 e. The molecule has 2 N–H and O–H groups in total. The third-order valence-electron chi connectivity index (χ3n) is 5.83. The van der Waals surface area contributed by atoms with Gasteiger partial charge in [0.25, 0.3) is 5.69 Å². The Hall–Kier alpha value is -4.40. The van der Waals surface area contributed by atoms with Gasteiger partial charge in [0.15, 0.2) is 11.5 Å². The van der Waals surface area contributed by atoms with Gasteiger partial charge >= 0.3 is 0 Å². The highest BCUT2D eigenvalue weighted by Crippen LogP contribution is 2.34. The van der Waals surface area contributed by atoms with E-state index in [4.69, 9.17) is 14.3 Å². The molecule has 0 spiro atoms. The molecule has 1 aliphatic rings. The van der Waals surface area contributed by atoms with Gasteiger partial charge in [0.1, 0.15) is 6.61 Å². The molecule has 0 heterocycles. The van der Waals surface area contributed by atoms with Crippen LogP contribution in [0.2, 0.25) is 0 Å². The number of hydrogen-bond donors (Lipinski definition) is 2. The SMILES string of the molecule is COc1cc(CONC(=O)CCCCCCC(=O)Nc2ccc(C3=C=CC=C3)cc2)c([N+](=O)[O-])cc1OC. The highest BCUT2D eigenvalue weighted by molar-refractivity contribution is 5.91. The first kappa shape index (κ1) is 28.2. The lowest BCUT2D eigenvalue weighted by Gasteiger charge is -2.11. The zero-order valence-electron chi connectivity index (χ0n) is 21.5. The summed E-state index contributed by atoms with van der Waals surface area (Å²) >= 11 is 0. The van der Waals surface area contributed by atoms with Crippen molar-refractivity contribution in [2.75, 3.05) is 19.5 Å². The van der Waals surface area contributed by atoms with E-state index >= 15 is 0 Å². The number of nitrogens with zero attached hydrogens (tertiary/aromatic N) is 1. The van der Waals surface area contributed by atoms with E-state index in [2.05, 4.69) is 16.5 Å². The molecule has 10 nitrogen and oxygen atoms in total. The van der Waals surface area contributed by atoms with Crippen LogP contribution < -0.4 is 20.3 Å². The first-order chi connectivity index (χ1) is 18.4. The molecule has 10 heteroatoms. The van der Waals surface area contributed by atoms with Crippen LogP contribution in [0, 0.1) is 10.1 Å². The van der Waals surface area contributed by atoms with Crippen molar-refractivity contribution in [2.45, 2.75) is 45.1 Å².